The van der Waals surface area contributed by atoms with Crippen molar-refractivity contribution in [1.29, 1.82) is 0 Å². The van der Waals surface area contributed by atoms with Gasteiger partial charge in [0.25, 0.3) is 0 Å². The first-order valence-electron chi connectivity index (χ1n) is 4.27. The maximum atomic E-state index is 10.8. The summed E-state index contributed by atoms with van der Waals surface area (Å²) < 4.78 is 0. The summed E-state index contributed by atoms with van der Waals surface area (Å²) in [5.74, 6) is 0.152. The zero-order valence-electron chi connectivity index (χ0n) is 7.02. The molecule has 0 aliphatic carbocycles. The average molecular weight is 156 g/mol. The van der Waals surface area contributed by atoms with E-state index in [-0.39, 0.29) is 5.91 Å². The first-order valence-corrected chi connectivity index (χ1v) is 4.27. The minimum Gasteiger partial charge on any atom is -0.359 e. The van der Waals surface area contributed by atoms with E-state index in [1.54, 1.807) is 7.05 Å². The van der Waals surface area contributed by atoms with Gasteiger partial charge in [-0.05, 0) is 25.8 Å². The molecule has 3 heteroatoms. The van der Waals surface area contributed by atoms with E-state index >= 15 is 0 Å². The van der Waals surface area contributed by atoms with Crippen LogP contribution in [0.25, 0.3) is 0 Å². The topological polar surface area (TPSA) is 41.1 Å². The molecule has 0 aromatic carbocycles. The second-order valence-electron chi connectivity index (χ2n) is 3.01. The maximum Gasteiger partial charge on any atom is 0.219 e. The Balaban J connectivity index is 2.06. The van der Waals surface area contributed by atoms with Crippen molar-refractivity contribution in [3.05, 3.63) is 0 Å². The van der Waals surface area contributed by atoms with Crippen molar-refractivity contribution in [3.8, 4) is 0 Å². The number of amides is 1. The zero-order chi connectivity index (χ0) is 8.10. The molecule has 0 spiro atoms. The number of nitrogens with one attached hydrogen (secondary N) is 2. The largest absolute Gasteiger partial charge is 0.359 e. The van der Waals surface area contributed by atoms with Crippen molar-refractivity contribution >= 4 is 5.91 Å². The Hall–Kier alpha value is -0.570. The first-order chi connectivity index (χ1) is 5.33. The molecule has 1 rings (SSSR count). The molecule has 11 heavy (non-hydrogen) atoms. The van der Waals surface area contributed by atoms with Crippen molar-refractivity contribution < 1.29 is 4.79 Å². The van der Waals surface area contributed by atoms with Crippen molar-refractivity contribution in [2.24, 2.45) is 0 Å². The van der Waals surface area contributed by atoms with Crippen molar-refractivity contribution in [1.82, 2.24) is 10.6 Å². The highest BCUT2D eigenvalue weighted by atomic mass is 16.1. The van der Waals surface area contributed by atoms with Gasteiger partial charge in [-0.2, -0.15) is 0 Å². The summed E-state index contributed by atoms with van der Waals surface area (Å²) in [6, 6.07) is 0.590. The van der Waals surface area contributed by atoms with Crippen LogP contribution in [-0.4, -0.2) is 25.5 Å². The van der Waals surface area contributed by atoms with Crippen LogP contribution in [0.2, 0.25) is 0 Å². The lowest BCUT2D eigenvalue weighted by molar-refractivity contribution is -0.120. The monoisotopic (exact) mass is 156 g/mol. The molecule has 0 aromatic rings. The summed E-state index contributed by atoms with van der Waals surface area (Å²) in [6.07, 6.45) is 4.14. The molecule has 1 atom stereocenters. The summed E-state index contributed by atoms with van der Waals surface area (Å²) in [5, 5.41) is 5.98. The second-order valence-corrected chi connectivity index (χ2v) is 3.01. The minimum absolute atomic E-state index is 0.152. The predicted octanol–water partition coefficient (Wildman–Crippen LogP) is 0.265. The third kappa shape index (κ3) is 2.89. The summed E-state index contributed by atoms with van der Waals surface area (Å²) in [4.78, 5) is 10.8. The summed E-state index contributed by atoms with van der Waals surface area (Å²) >= 11 is 0. The van der Waals surface area contributed by atoms with Crippen molar-refractivity contribution in [3.63, 3.8) is 0 Å². The summed E-state index contributed by atoms with van der Waals surface area (Å²) in [6.45, 7) is 1.12. The van der Waals surface area contributed by atoms with Crippen LogP contribution in [0.4, 0.5) is 0 Å². The third-order valence-corrected chi connectivity index (χ3v) is 2.16. The van der Waals surface area contributed by atoms with Crippen molar-refractivity contribution in [2.45, 2.75) is 31.7 Å². The number of hydrogen-bond acceptors (Lipinski definition) is 2. The lowest BCUT2D eigenvalue weighted by atomic mass is 10.1. The van der Waals surface area contributed by atoms with Gasteiger partial charge in [-0.3, -0.25) is 4.79 Å². The fourth-order valence-corrected chi connectivity index (χ4v) is 1.43. The van der Waals surface area contributed by atoms with Crippen LogP contribution in [0.5, 0.6) is 0 Å². The van der Waals surface area contributed by atoms with Crippen LogP contribution in [0.15, 0.2) is 0 Å². The van der Waals surface area contributed by atoms with Crippen molar-refractivity contribution in [2.75, 3.05) is 13.6 Å². The number of carbonyl (C=O) groups excluding carboxylic acids is 1. The van der Waals surface area contributed by atoms with Crippen LogP contribution < -0.4 is 10.6 Å². The first kappa shape index (κ1) is 8.53. The van der Waals surface area contributed by atoms with E-state index < -0.39 is 0 Å². The normalized spacial score (nSPS) is 23.5. The van der Waals surface area contributed by atoms with Crippen LogP contribution in [0, 0.1) is 0 Å². The molecule has 2 N–H and O–H groups in total. The van der Waals surface area contributed by atoms with Gasteiger partial charge in [0.2, 0.25) is 5.91 Å². The molecule has 1 heterocycles. The Labute approximate surface area is 67.5 Å². The number of carbonyl (C=O) groups is 1. The van der Waals surface area contributed by atoms with Gasteiger partial charge in [0.15, 0.2) is 0 Å². The number of hydrogen-bond donors (Lipinski definition) is 2. The molecule has 0 unspecified atom stereocenters. The van der Waals surface area contributed by atoms with E-state index in [9.17, 15) is 4.79 Å². The van der Waals surface area contributed by atoms with E-state index in [0.29, 0.717) is 12.5 Å². The van der Waals surface area contributed by atoms with Gasteiger partial charge >= 0.3 is 0 Å². The Bertz CT molecular complexity index is 130. The average Bonchev–Trinajstić information content (AvgIpc) is 2.52. The highest BCUT2D eigenvalue weighted by Gasteiger charge is 2.14. The Morgan fingerprint density at radius 3 is 3.09 bits per heavy atom. The smallest absolute Gasteiger partial charge is 0.219 e. The molecule has 1 amide bonds. The van der Waals surface area contributed by atoms with E-state index in [1.807, 2.05) is 0 Å². The second kappa shape index (κ2) is 4.34. The third-order valence-electron chi connectivity index (χ3n) is 2.16. The minimum atomic E-state index is 0.152. The van der Waals surface area contributed by atoms with Crippen LogP contribution in [0.3, 0.4) is 0 Å². The van der Waals surface area contributed by atoms with Crippen LogP contribution in [-0.2, 0) is 4.79 Å². The Kier molecular flexibility index (Phi) is 3.36. The van der Waals surface area contributed by atoms with Crippen LogP contribution >= 0.6 is 0 Å². The van der Waals surface area contributed by atoms with Gasteiger partial charge in [0.05, 0.1) is 0 Å². The van der Waals surface area contributed by atoms with Crippen LogP contribution in [0.1, 0.15) is 25.7 Å². The zero-order valence-corrected chi connectivity index (χ0v) is 7.02. The van der Waals surface area contributed by atoms with E-state index in [2.05, 4.69) is 10.6 Å². The molecule has 0 aromatic heterocycles. The van der Waals surface area contributed by atoms with E-state index in [0.717, 1.165) is 13.0 Å². The standard InChI is InChI=1S/C8H16N2O/c1-9-8(11)5-4-7-3-2-6-10-7/h7,10H,2-6H2,1H3,(H,9,11)/t7-/m0/s1. The fourth-order valence-electron chi connectivity index (χ4n) is 1.43. The van der Waals surface area contributed by atoms with Gasteiger partial charge in [-0.25, -0.2) is 0 Å². The van der Waals surface area contributed by atoms with Gasteiger partial charge in [0.1, 0.15) is 0 Å². The number of rotatable bonds is 3. The lowest BCUT2D eigenvalue weighted by Crippen LogP contribution is -2.25. The lowest BCUT2D eigenvalue weighted by Gasteiger charge is -2.07. The SMILES string of the molecule is CNC(=O)CC[C@@H]1CCCN1. The molecule has 1 aliphatic heterocycles. The summed E-state index contributed by atoms with van der Waals surface area (Å²) in [5.41, 5.74) is 0. The molecule has 3 nitrogen and oxygen atoms in total. The van der Waals surface area contributed by atoms with E-state index in [4.69, 9.17) is 0 Å². The molecule has 0 saturated carbocycles. The molecule has 1 saturated heterocycles. The van der Waals surface area contributed by atoms with E-state index in [1.165, 1.54) is 12.8 Å². The fraction of sp³-hybridized carbons (Fsp3) is 0.875. The molecule has 0 radical (unpaired) electrons. The Morgan fingerprint density at radius 1 is 1.73 bits per heavy atom. The van der Waals surface area contributed by atoms with Gasteiger partial charge in [-0.15, -0.1) is 0 Å². The highest BCUT2D eigenvalue weighted by Crippen LogP contribution is 2.09. The highest BCUT2D eigenvalue weighted by molar-refractivity contribution is 5.75. The molecular weight excluding hydrogens is 140 g/mol. The van der Waals surface area contributed by atoms with Gasteiger partial charge in [0, 0.05) is 19.5 Å². The quantitative estimate of drug-likeness (QED) is 0.615. The molecule has 1 aliphatic rings. The molecule has 64 valence electrons. The van der Waals surface area contributed by atoms with Gasteiger partial charge < -0.3 is 10.6 Å². The predicted molar refractivity (Wildman–Crippen MR) is 44.3 cm³/mol. The molecule has 1 fully saturated rings. The Morgan fingerprint density at radius 2 is 2.55 bits per heavy atom. The van der Waals surface area contributed by atoms with Gasteiger partial charge in [-0.1, -0.05) is 0 Å². The molecule has 0 bridgehead atoms. The molecular formula is C8H16N2O. The summed E-state index contributed by atoms with van der Waals surface area (Å²) in [7, 11) is 1.68. The maximum absolute atomic E-state index is 10.8.